The average Bonchev–Trinajstić information content (AvgIpc) is 2.67. The SMILES string of the molecule is O=C(c1cccc(-c2cccc(F)c2)c1)N1CC[C@@]2(O)CCNC[C@H]2C1. The number of halogens is 1. The van der Waals surface area contributed by atoms with Crippen LogP contribution in [0.15, 0.2) is 48.5 Å². The summed E-state index contributed by atoms with van der Waals surface area (Å²) in [5.41, 5.74) is 1.53. The summed E-state index contributed by atoms with van der Waals surface area (Å²) in [5, 5.41) is 14.1. The van der Waals surface area contributed by atoms with Gasteiger partial charge in [-0.05, 0) is 54.8 Å². The number of hydrogen-bond donors (Lipinski definition) is 2. The topological polar surface area (TPSA) is 52.6 Å². The third-order valence-corrected chi connectivity index (χ3v) is 5.70. The highest BCUT2D eigenvalue weighted by Gasteiger charge is 2.43. The predicted molar refractivity (Wildman–Crippen MR) is 98.3 cm³/mol. The number of aliphatic hydroxyl groups is 1. The van der Waals surface area contributed by atoms with Crippen LogP contribution in [0.2, 0.25) is 0 Å². The number of fused-ring (bicyclic) bond motifs is 1. The molecular weight excluding hydrogens is 331 g/mol. The maximum Gasteiger partial charge on any atom is 0.253 e. The van der Waals surface area contributed by atoms with Crippen LogP contribution in [0.3, 0.4) is 0 Å². The first-order valence-electron chi connectivity index (χ1n) is 9.13. The van der Waals surface area contributed by atoms with Crippen molar-refractivity contribution >= 4 is 5.91 Å². The third-order valence-electron chi connectivity index (χ3n) is 5.70. The van der Waals surface area contributed by atoms with Crippen molar-refractivity contribution < 1.29 is 14.3 Å². The molecule has 5 heteroatoms. The van der Waals surface area contributed by atoms with Crippen molar-refractivity contribution in [3.63, 3.8) is 0 Å². The number of nitrogens with zero attached hydrogens (tertiary/aromatic N) is 1. The summed E-state index contributed by atoms with van der Waals surface area (Å²) < 4.78 is 13.5. The quantitative estimate of drug-likeness (QED) is 0.872. The van der Waals surface area contributed by atoms with Crippen molar-refractivity contribution in [1.29, 1.82) is 0 Å². The molecule has 2 aliphatic rings. The number of carbonyl (C=O) groups excluding carboxylic acids is 1. The fourth-order valence-electron chi connectivity index (χ4n) is 4.09. The van der Waals surface area contributed by atoms with E-state index in [9.17, 15) is 14.3 Å². The highest BCUT2D eigenvalue weighted by molar-refractivity contribution is 5.95. The summed E-state index contributed by atoms with van der Waals surface area (Å²) in [6.45, 7) is 2.70. The van der Waals surface area contributed by atoms with Crippen LogP contribution in [0.1, 0.15) is 23.2 Å². The van der Waals surface area contributed by atoms with E-state index >= 15 is 0 Å². The third kappa shape index (κ3) is 3.24. The molecule has 26 heavy (non-hydrogen) atoms. The summed E-state index contributed by atoms with van der Waals surface area (Å²) in [5.74, 6) is -0.254. The Hall–Kier alpha value is -2.24. The molecule has 0 bridgehead atoms. The van der Waals surface area contributed by atoms with Crippen LogP contribution in [0.5, 0.6) is 0 Å². The summed E-state index contributed by atoms with van der Waals surface area (Å²) in [6, 6.07) is 13.7. The first kappa shape index (κ1) is 17.2. The average molecular weight is 354 g/mol. The van der Waals surface area contributed by atoms with Gasteiger partial charge in [-0.1, -0.05) is 24.3 Å². The molecule has 0 spiro atoms. The minimum atomic E-state index is -0.647. The Kier molecular flexibility index (Phi) is 4.51. The highest BCUT2D eigenvalue weighted by atomic mass is 19.1. The van der Waals surface area contributed by atoms with E-state index in [4.69, 9.17) is 0 Å². The van der Waals surface area contributed by atoms with Crippen LogP contribution in [-0.4, -0.2) is 47.7 Å². The number of carbonyl (C=O) groups is 1. The van der Waals surface area contributed by atoms with E-state index in [-0.39, 0.29) is 17.6 Å². The van der Waals surface area contributed by atoms with Gasteiger partial charge in [0.25, 0.3) is 5.91 Å². The second-order valence-corrected chi connectivity index (χ2v) is 7.35. The van der Waals surface area contributed by atoms with Gasteiger partial charge in [-0.25, -0.2) is 4.39 Å². The Balaban J connectivity index is 1.54. The second-order valence-electron chi connectivity index (χ2n) is 7.35. The molecule has 0 aliphatic carbocycles. The van der Waals surface area contributed by atoms with Crippen molar-refractivity contribution in [2.75, 3.05) is 26.2 Å². The minimum absolute atomic E-state index is 0.0316. The molecule has 4 nitrogen and oxygen atoms in total. The van der Waals surface area contributed by atoms with Crippen molar-refractivity contribution in [2.45, 2.75) is 18.4 Å². The smallest absolute Gasteiger partial charge is 0.253 e. The fourth-order valence-corrected chi connectivity index (χ4v) is 4.09. The van der Waals surface area contributed by atoms with Crippen LogP contribution < -0.4 is 5.32 Å². The number of amides is 1. The van der Waals surface area contributed by atoms with Crippen molar-refractivity contribution in [2.24, 2.45) is 5.92 Å². The Bertz CT molecular complexity index is 825. The van der Waals surface area contributed by atoms with Gasteiger partial charge in [0.2, 0.25) is 0 Å². The zero-order valence-electron chi connectivity index (χ0n) is 14.6. The Morgan fingerprint density at radius 3 is 2.73 bits per heavy atom. The van der Waals surface area contributed by atoms with E-state index in [1.165, 1.54) is 12.1 Å². The van der Waals surface area contributed by atoms with Gasteiger partial charge in [0, 0.05) is 31.1 Å². The van der Waals surface area contributed by atoms with Gasteiger partial charge >= 0.3 is 0 Å². The highest BCUT2D eigenvalue weighted by Crippen LogP contribution is 2.33. The van der Waals surface area contributed by atoms with Crippen LogP contribution in [0.4, 0.5) is 4.39 Å². The van der Waals surface area contributed by atoms with Gasteiger partial charge in [0.15, 0.2) is 0 Å². The molecule has 2 aliphatic heterocycles. The van der Waals surface area contributed by atoms with E-state index in [0.717, 1.165) is 30.6 Å². The molecule has 0 unspecified atom stereocenters. The first-order valence-corrected chi connectivity index (χ1v) is 9.13. The van der Waals surface area contributed by atoms with Gasteiger partial charge in [0.1, 0.15) is 5.82 Å². The molecule has 0 radical (unpaired) electrons. The molecule has 2 saturated heterocycles. The molecule has 2 fully saturated rings. The first-order chi connectivity index (χ1) is 12.5. The maximum absolute atomic E-state index is 13.5. The van der Waals surface area contributed by atoms with Crippen LogP contribution in [-0.2, 0) is 0 Å². The minimum Gasteiger partial charge on any atom is -0.389 e. The van der Waals surface area contributed by atoms with Crippen LogP contribution in [0.25, 0.3) is 11.1 Å². The normalized spacial score (nSPS) is 25.6. The predicted octanol–water partition coefficient (Wildman–Crippen LogP) is 2.68. The van der Waals surface area contributed by atoms with Gasteiger partial charge in [-0.3, -0.25) is 4.79 Å². The van der Waals surface area contributed by atoms with E-state index in [1.807, 2.05) is 29.2 Å². The maximum atomic E-state index is 13.5. The number of likely N-dealkylation sites (tertiary alicyclic amines) is 1. The van der Waals surface area contributed by atoms with Gasteiger partial charge in [0.05, 0.1) is 5.60 Å². The van der Waals surface area contributed by atoms with Crippen molar-refractivity contribution in [3.05, 3.63) is 59.9 Å². The molecule has 0 aromatic heterocycles. The molecule has 4 rings (SSSR count). The van der Waals surface area contributed by atoms with E-state index in [1.54, 1.807) is 12.1 Å². The monoisotopic (exact) mass is 354 g/mol. The second kappa shape index (κ2) is 6.82. The van der Waals surface area contributed by atoms with Crippen molar-refractivity contribution in [3.8, 4) is 11.1 Å². The number of hydrogen-bond acceptors (Lipinski definition) is 3. The van der Waals surface area contributed by atoms with Crippen molar-refractivity contribution in [1.82, 2.24) is 10.2 Å². The lowest BCUT2D eigenvalue weighted by atomic mass is 9.76. The zero-order chi connectivity index (χ0) is 18.1. The molecule has 136 valence electrons. The van der Waals surface area contributed by atoms with Crippen LogP contribution >= 0.6 is 0 Å². The molecule has 2 aromatic rings. The molecule has 2 atom stereocenters. The Morgan fingerprint density at radius 2 is 1.92 bits per heavy atom. The van der Waals surface area contributed by atoms with Gasteiger partial charge in [-0.15, -0.1) is 0 Å². The Morgan fingerprint density at radius 1 is 1.15 bits per heavy atom. The van der Waals surface area contributed by atoms with E-state index < -0.39 is 5.60 Å². The summed E-state index contributed by atoms with van der Waals surface area (Å²) in [7, 11) is 0. The lowest BCUT2D eigenvalue weighted by Crippen LogP contribution is -2.59. The standard InChI is InChI=1S/C21H23FN2O2/c22-19-6-2-4-16(12-19)15-3-1-5-17(11-15)20(25)24-10-8-21(26)7-9-23-13-18(21)14-24/h1-6,11-12,18,23,26H,7-10,13-14H2/t18-,21-/m0/s1. The summed E-state index contributed by atoms with van der Waals surface area (Å²) >= 11 is 0. The molecule has 1 amide bonds. The number of benzene rings is 2. The summed E-state index contributed by atoms with van der Waals surface area (Å²) in [6.07, 6.45) is 1.36. The molecule has 2 aromatic carbocycles. The molecule has 2 heterocycles. The Labute approximate surface area is 152 Å². The number of piperidine rings is 2. The number of rotatable bonds is 2. The zero-order valence-corrected chi connectivity index (χ0v) is 14.6. The van der Waals surface area contributed by atoms with Crippen LogP contribution in [0, 0.1) is 11.7 Å². The lowest BCUT2D eigenvalue weighted by molar-refractivity contribution is -0.0817. The lowest BCUT2D eigenvalue weighted by Gasteiger charge is -2.47. The van der Waals surface area contributed by atoms with Gasteiger partial charge < -0.3 is 15.3 Å². The largest absolute Gasteiger partial charge is 0.389 e. The van der Waals surface area contributed by atoms with E-state index in [2.05, 4.69) is 5.32 Å². The van der Waals surface area contributed by atoms with Gasteiger partial charge in [-0.2, -0.15) is 0 Å². The molecule has 2 N–H and O–H groups in total. The van der Waals surface area contributed by atoms with E-state index in [0.29, 0.717) is 25.1 Å². The molecular formula is C21H23FN2O2. The fraction of sp³-hybridized carbons (Fsp3) is 0.381. The summed E-state index contributed by atoms with van der Waals surface area (Å²) in [4.78, 5) is 14.8. The molecule has 0 saturated carbocycles. The number of nitrogens with one attached hydrogen (secondary N) is 1.